The van der Waals surface area contributed by atoms with Crippen LogP contribution >= 0.6 is 0 Å². The second-order valence-electron chi connectivity index (χ2n) is 1.32. The molecule has 0 aromatic carbocycles. The highest BCUT2D eigenvalue weighted by Gasteiger charge is 2.40. The van der Waals surface area contributed by atoms with Gasteiger partial charge in [0.15, 0.2) is 0 Å². The minimum absolute atomic E-state index is 1.49. The Hall–Kier alpha value is 0.0569. The lowest BCUT2D eigenvalue weighted by Gasteiger charge is -2.19. The van der Waals surface area contributed by atoms with E-state index in [1.807, 2.05) is 13.8 Å². The van der Waals surface area contributed by atoms with Crippen LogP contribution in [0.25, 0.3) is 0 Å². The van der Waals surface area contributed by atoms with Crippen molar-refractivity contribution in [2.24, 2.45) is 0 Å². The normalized spacial score (nSPS) is 10.4. The van der Waals surface area contributed by atoms with Crippen molar-refractivity contribution in [1.82, 2.24) is 0 Å². The van der Waals surface area contributed by atoms with E-state index in [1.165, 1.54) is 28.4 Å². The summed E-state index contributed by atoms with van der Waals surface area (Å²) in [5, 5.41) is 0. The molecule has 0 aromatic heterocycles. The molecule has 0 fully saturated rings. The van der Waals surface area contributed by atoms with Gasteiger partial charge in [0.1, 0.15) is 0 Å². The van der Waals surface area contributed by atoms with Crippen molar-refractivity contribution in [3.05, 3.63) is 0 Å². The Bertz CT molecular complexity index is 57.5. The molecule has 0 amide bonds. The molecule has 0 bridgehead atoms. The van der Waals surface area contributed by atoms with E-state index < -0.39 is 9.05 Å². The van der Waals surface area contributed by atoms with Gasteiger partial charge in [0.2, 0.25) is 0 Å². The summed E-state index contributed by atoms with van der Waals surface area (Å²) in [4.78, 5) is 0. The van der Waals surface area contributed by atoms with Crippen LogP contribution in [0.2, 0.25) is 0 Å². The molecule has 0 saturated heterocycles. The van der Waals surface area contributed by atoms with Gasteiger partial charge in [-0.3, -0.25) is 0 Å². The van der Waals surface area contributed by atoms with Gasteiger partial charge >= 0.3 is 9.05 Å². The van der Waals surface area contributed by atoms with Crippen molar-refractivity contribution in [3.63, 3.8) is 0 Å². The third-order valence-corrected chi connectivity index (χ3v) is 3.00. The quantitative estimate of drug-likeness (QED) is 0.609. The van der Waals surface area contributed by atoms with Crippen LogP contribution in [-0.4, -0.2) is 37.5 Å². The van der Waals surface area contributed by atoms with Crippen molar-refractivity contribution in [2.75, 3.05) is 28.4 Å². The summed E-state index contributed by atoms with van der Waals surface area (Å²) in [6, 6.07) is 0. The zero-order valence-electron chi connectivity index (χ0n) is 8.13. The number of hydrogen-bond donors (Lipinski definition) is 0. The molecule has 0 aliphatic rings. The standard InChI is InChI=1S/C4H12O4Si.C2H6/c1-5-9(6-2,7-3)8-4;1-2/h1-4H3;1-2H3. The molecule has 0 aliphatic heterocycles. The van der Waals surface area contributed by atoms with Gasteiger partial charge < -0.3 is 17.7 Å². The smallest absolute Gasteiger partial charge is 0.355 e. The Morgan fingerprint density at radius 1 is 0.636 bits per heavy atom. The minimum atomic E-state index is -2.69. The number of rotatable bonds is 4. The first-order chi connectivity index (χ1) is 5.24. The molecule has 0 spiro atoms. The van der Waals surface area contributed by atoms with E-state index in [4.69, 9.17) is 17.7 Å². The zero-order valence-corrected chi connectivity index (χ0v) is 9.13. The summed E-state index contributed by atoms with van der Waals surface area (Å²) in [7, 11) is 3.26. The molecular weight excluding hydrogens is 164 g/mol. The van der Waals surface area contributed by atoms with E-state index in [9.17, 15) is 0 Å². The average molecular weight is 182 g/mol. The molecular formula is C6H18O4Si. The van der Waals surface area contributed by atoms with Crippen LogP contribution in [-0.2, 0) is 17.7 Å². The topological polar surface area (TPSA) is 36.9 Å². The van der Waals surface area contributed by atoms with Gasteiger partial charge in [0.25, 0.3) is 0 Å². The van der Waals surface area contributed by atoms with Gasteiger partial charge in [-0.2, -0.15) is 0 Å². The highest BCUT2D eigenvalue weighted by molar-refractivity contribution is 6.53. The monoisotopic (exact) mass is 182 g/mol. The highest BCUT2D eigenvalue weighted by atomic mass is 28.4. The average Bonchev–Trinajstić information content (AvgIpc) is 2.13. The Balaban J connectivity index is 0. The molecule has 0 saturated carbocycles. The molecule has 0 rings (SSSR count). The van der Waals surface area contributed by atoms with E-state index in [0.29, 0.717) is 0 Å². The fourth-order valence-corrected chi connectivity index (χ4v) is 1.50. The highest BCUT2D eigenvalue weighted by Crippen LogP contribution is 2.04. The maximum atomic E-state index is 4.86. The fourth-order valence-electron chi connectivity index (χ4n) is 0.500. The predicted molar refractivity (Wildman–Crippen MR) is 45.1 cm³/mol. The maximum absolute atomic E-state index is 4.86. The van der Waals surface area contributed by atoms with Gasteiger partial charge in [-0.1, -0.05) is 13.8 Å². The molecule has 0 atom stereocenters. The van der Waals surface area contributed by atoms with E-state index in [1.54, 1.807) is 0 Å². The van der Waals surface area contributed by atoms with Crippen LogP contribution in [0.5, 0.6) is 0 Å². The first-order valence-corrected chi connectivity index (χ1v) is 5.08. The Kier molecular flexibility index (Phi) is 10.1. The lowest BCUT2D eigenvalue weighted by atomic mass is 11.0. The molecule has 0 aromatic rings. The van der Waals surface area contributed by atoms with Crippen LogP contribution in [0.3, 0.4) is 0 Å². The van der Waals surface area contributed by atoms with Crippen molar-refractivity contribution in [3.8, 4) is 0 Å². The molecule has 0 unspecified atom stereocenters. The minimum Gasteiger partial charge on any atom is -0.355 e. The van der Waals surface area contributed by atoms with Gasteiger partial charge in [0.05, 0.1) is 0 Å². The number of hydrogen-bond acceptors (Lipinski definition) is 4. The lowest BCUT2D eigenvalue weighted by molar-refractivity contribution is 0.0226. The van der Waals surface area contributed by atoms with E-state index >= 15 is 0 Å². The molecule has 0 N–H and O–H groups in total. The van der Waals surface area contributed by atoms with Crippen LogP contribution in [0.1, 0.15) is 13.8 Å². The summed E-state index contributed by atoms with van der Waals surface area (Å²) in [5.41, 5.74) is 0. The Morgan fingerprint density at radius 2 is 0.818 bits per heavy atom. The summed E-state index contributed by atoms with van der Waals surface area (Å²) >= 11 is 0. The molecule has 0 aliphatic carbocycles. The predicted octanol–water partition coefficient (Wildman–Crippen LogP) is 1.03. The lowest BCUT2D eigenvalue weighted by Crippen LogP contribution is -2.45. The first-order valence-electron chi connectivity index (χ1n) is 3.45. The summed E-state index contributed by atoms with van der Waals surface area (Å²) < 4.78 is 19.4. The fraction of sp³-hybridized carbons (Fsp3) is 1.00. The van der Waals surface area contributed by atoms with Crippen LogP contribution < -0.4 is 0 Å². The molecule has 5 heteroatoms. The van der Waals surface area contributed by atoms with Crippen LogP contribution in [0.15, 0.2) is 0 Å². The van der Waals surface area contributed by atoms with E-state index in [-0.39, 0.29) is 0 Å². The van der Waals surface area contributed by atoms with E-state index in [2.05, 4.69) is 0 Å². The van der Waals surface area contributed by atoms with Gasteiger partial charge in [-0.05, 0) is 0 Å². The first kappa shape index (κ1) is 13.6. The molecule has 0 heterocycles. The van der Waals surface area contributed by atoms with E-state index in [0.717, 1.165) is 0 Å². The molecule has 11 heavy (non-hydrogen) atoms. The van der Waals surface area contributed by atoms with Crippen LogP contribution in [0, 0.1) is 0 Å². The summed E-state index contributed by atoms with van der Waals surface area (Å²) in [6.07, 6.45) is 0. The second kappa shape index (κ2) is 8.16. The van der Waals surface area contributed by atoms with Gasteiger partial charge in [-0.15, -0.1) is 0 Å². The van der Waals surface area contributed by atoms with Crippen molar-refractivity contribution >= 4 is 9.05 Å². The molecule has 0 radical (unpaired) electrons. The van der Waals surface area contributed by atoms with Crippen LogP contribution in [0.4, 0.5) is 0 Å². The zero-order chi connectivity index (χ0) is 9.33. The largest absolute Gasteiger partial charge is 0.678 e. The maximum Gasteiger partial charge on any atom is 0.678 e. The van der Waals surface area contributed by atoms with Gasteiger partial charge in [-0.25, -0.2) is 0 Å². The third kappa shape index (κ3) is 4.49. The summed E-state index contributed by atoms with van der Waals surface area (Å²) in [5.74, 6) is 0. The Morgan fingerprint density at radius 3 is 0.818 bits per heavy atom. The third-order valence-electron chi connectivity index (χ3n) is 1.00. The summed E-state index contributed by atoms with van der Waals surface area (Å²) in [6.45, 7) is 4.00. The van der Waals surface area contributed by atoms with Crippen molar-refractivity contribution in [1.29, 1.82) is 0 Å². The SMILES string of the molecule is CC.CO[Si](OC)(OC)OC. The molecule has 4 nitrogen and oxygen atoms in total. The van der Waals surface area contributed by atoms with Crippen molar-refractivity contribution < 1.29 is 17.7 Å². The molecule has 70 valence electrons. The second-order valence-corrected chi connectivity index (χ2v) is 3.95. The van der Waals surface area contributed by atoms with Crippen molar-refractivity contribution in [2.45, 2.75) is 13.8 Å². The Labute approximate surface area is 69.9 Å². The van der Waals surface area contributed by atoms with Gasteiger partial charge in [0, 0.05) is 28.4 Å².